The van der Waals surface area contributed by atoms with Gasteiger partial charge in [0.25, 0.3) is 11.6 Å². The summed E-state index contributed by atoms with van der Waals surface area (Å²) in [5.41, 5.74) is 4.67. The van der Waals surface area contributed by atoms with Gasteiger partial charge in [-0.25, -0.2) is 9.97 Å². The molecule has 0 atom stereocenters. The van der Waals surface area contributed by atoms with Gasteiger partial charge >= 0.3 is 5.69 Å². The summed E-state index contributed by atoms with van der Waals surface area (Å²) in [5, 5.41) is 27.9. The van der Waals surface area contributed by atoms with Gasteiger partial charge in [-0.2, -0.15) is 0 Å². The van der Waals surface area contributed by atoms with Crippen LogP contribution in [0.2, 0.25) is 0 Å². The molecule has 3 aromatic rings. The third kappa shape index (κ3) is 5.72. The first-order chi connectivity index (χ1) is 15.7. The number of carbonyl (C=O) groups excluding carboxylic acids is 2. The molecule has 14 nitrogen and oxygen atoms in total. The second-order valence-electron chi connectivity index (χ2n) is 6.45. The molecular weight excluding hydrogens is 436 g/mol. The van der Waals surface area contributed by atoms with Crippen LogP contribution in [0, 0.1) is 20.2 Å². The Kier molecular flexibility index (Phi) is 6.68. The Morgan fingerprint density at radius 3 is 2.21 bits per heavy atom. The number of nitrogens with zero attached hydrogens (tertiary/aromatic N) is 4. The fourth-order valence-corrected chi connectivity index (χ4v) is 2.66. The summed E-state index contributed by atoms with van der Waals surface area (Å²) in [5.74, 6) is -1.49. The van der Waals surface area contributed by atoms with Gasteiger partial charge in [0.05, 0.1) is 9.85 Å². The Bertz CT molecular complexity index is 1230. The van der Waals surface area contributed by atoms with Crippen molar-refractivity contribution in [1.82, 2.24) is 15.4 Å². The van der Waals surface area contributed by atoms with Crippen LogP contribution >= 0.6 is 0 Å². The van der Waals surface area contributed by atoms with Gasteiger partial charge in [-0.15, -0.1) is 0 Å². The van der Waals surface area contributed by atoms with E-state index in [0.29, 0.717) is 11.4 Å². The highest BCUT2D eigenvalue weighted by atomic mass is 16.6. The van der Waals surface area contributed by atoms with E-state index < -0.39 is 21.4 Å². The summed E-state index contributed by atoms with van der Waals surface area (Å²) in [6, 6.07) is 11.3. The van der Waals surface area contributed by atoms with Gasteiger partial charge in [0.2, 0.25) is 17.5 Å². The van der Waals surface area contributed by atoms with Gasteiger partial charge in [0.1, 0.15) is 6.33 Å². The van der Waals surface area contributed by atoms with Crippen molar-refractivity contribution < 1.29 is 19.4 Å². The second kappa shape index (κ2) is 9.78. The molecule has 0 fully saturated rings. The normalized spacial score (nSPS) is 10.1. The van der Waals surface area contributed by atoms with E-state index in [-0.39, 0.29) is 28.8 Å². The van der Waals surface area contributed by atoms with Crippen LogP contribution in [0.4, 0.5) is 34.4 Å². The average molecular weight is 452 g/mol. The largest absolute Gasteiger partial charge is 0.355 e. The molecule has 33 heavy (non-hydrogen) atoms. The van der Waals surface area contributed by atoms with Crippen LogP contribution in [-0.4, -0.2) is 31.6 Å². The van der Waals surface area contributed by atoms with Gasteiger partial charge in [0, 0.05) is 36.0 Å². The number of hydrogen-bond acceptors (Lipinski definition) is 10. The minimum absolute atomic E-state index is 0.0361. The number of non-ortho nitro benzene ring substituents is 1. The van der Waals surface area contributed by atoms with Crippen LogP contribution in [0.1, 0.15) is 17.3 Å². The summed E-state index contributed by atoms with van der Waals surface area (Å²) >= 11 is 0. The summed E-state index contributed by atoms with van der Waals surface area (Å²) in [7, 11) is 0. The monoisotopic (exact) mass is 452 g/mol. The summed E-state index contributed by atoms with van der Waals surface area (Å²) in [6.07, 6.45) is 1.04. The fourth-order valence-electron chi connectivity index (χ4n) is 2.66. The summed E-state index contributed by atoms with van der Waals surface area (Å²) < 4.78 is 0. The molecule has 0 saturated heterocycles. The van der Waals surface area contributed by atoms with Gasteiger partial charge in [0.15, 0.2) is 0 Å². The Morgan fingerprint density at radius 2 is 1.58 bits per heavy atom. The maximum absolute atomic E-state index is 12.3. The number of nitro benzene ring substituents is 1. The second-order valence-corrected chi connectivity index (χ2v) is 6.45. The predicted molar refractivity (Wildman–Crippen MR) is 117 cm³/mol. The molecule has 0 spiro atoms. The van der Waals surface area contributed by atoms with Gasteiger partial charge in [-0.3, -0.25) is 40.7 Å². The zero-order valence-corrected chi connectivity index (χ0v) is 16.9. The predicted octanol–water partition coefficient (Wildman–Crippen LogP) is 2.75. The molecular formula is C19H16N8O6. The van der Waals surface area contributed by atoms with Crippen LogP contribution in [-0.2, 0) is 4.79 Å². The number of hydrogen-bond donors (Lipinski definition) is 4. The first-order valence-electron chi connectivity index (χ1n) is 9.19. The number of nitro groups is 2. The molecule has 168 valence electrons. The Balaban J connectivity index is 1.78. The first kappa shape index (κ1) is 22.5. The number of hydrazine groups is 1. The standard InChI is InChI=1S/C19H16N8O6/c1-11(28)22-13-5-7-14(8-6-13)23-17-16(27(32)33)18(21-10-20-17)24-25-19(29)12-3-2-4-15(9-12)26(30)31/h2-10H,1H3,(H,22,28)(H,25,29)(H2,20,21,23,24). The fraction of sp³-hybridized carbons (Fsp3) is 0.0526. The van der Waals surface area contributed by atoms with Crippen molar-refractivity contribution in [2.75, 3.05) is 16.1 Å². The minimum Gasteiger partial charge on any atom is -0.334 e. The lowest BCUT2D eigenvalue weighted by Crippen LogP contribution is -2.30. The highest BCUT2D eigenvalue weighted by Gasteiger charge is 2.24. The Morgan fingerprint density at radius 1 is 0.909 bits per heavy atom. The van der Waals surface area contributed by atoms with Crippen molar-refractivity contribution in [1.29, 1.82) is 0 Å². The minimum atomic E-state index is -0.769. The van der Waals surface area contributed by atoms with Gasteiger partial charge in [-0.1, -0.05) is 6.07 Å². The molecule has 1 heterocycles. The van der Waals surface area contributed by atoms with Crippen LogP contribution < -0.4 is 21.5 Å². The van der Waals surface area contributed by atoms with Crippen molar-refractivity contribution in [2.45, 2.75) is 6.92 Å². The van der Waals surface area contributed by atoms with Crippen LogP contribution in [0.5, 0.6) is 0 Å². The summed E-state index contributed by atoms with van der Waals surface area (Å²) in [6.45, 7) is 1.36. The molecule has 0 unspecified atom stereocenters. The molecule has 1 aromatic heterocycles. The zero-order valence-electron chi connectivity index (χ0n) is 16.9. The molecule has 2 aromatic carbocycles. The maximum Gasteiger partial charge on any atom is 0.355 e. The molecule has 0 aliphatic heterocycles. The van der Waals surface area contributed by atoms with Crippen LogP contribution in [0.25, 0.3) is 0 Å². The third-order valence-electron chi connectivity index (χ3n) is 4.09. The molecule has 0 aliphatic rings. The van der Waals surface area contributed by atoms with E-state index in [2.05, 4.69) is 31.5 Å². The molecule has 14 heteroatoms. The number of anilines is 4. The van der Waals surface area contributed by atoms with Crippen molar-refractivity contribution in [2.24, 2.45) is 0 Å². The lowest BCUT2D eigenvalue weighted by atomic mass is 10.2. The highest BCUT2D eigenvalue weighted by molar-refractivity contribution is 5.95. The van der Waals surface area contributed by atoms with E-state index in [1.165, 1.54) is 25.1 Å². The molecule has 0 bridgehead atoms. The first-order valence-corrected chi connectivity index (χ1v) is 9.19. The average Bonchev–Trinajstić information content (AvgIpc) is 2.78. The van der Waals surface area contributed by atoms with Crippen molar-refractivity contribution in [3.8, 4) is 0 Å². The number of amides is 2. The topological polar surface area (TPSA) is 194 Å². The smallest absolute Gasteiger partial charge is 0.334 e. The Hall–Kier alpha value is -5.14. The van der Waals surface area contributed by atoms with E-state index in [1.807, 2.05) is 0 Å². The lowest BCUT2D eigenvalue weighted by Gasteiger charge is -2.11. The maximum atomic E-state index is 12.3. The highest BCUT2D eigenvalue weighted by Crippen LogP contribution is 2.31. The van der Waals surface area contributed by atoms with Crippen molar-refractivity contribution >= 4 is 46.2 Å². The quantitative estimate of drug-likeness (QED) is 0.291. The summed E-state index contributed by atoms with van der Waals surface area (Å²) in [4.78, 5) is 52.2. The van der Waals surface area contributed by atoms with E-state index >= 15 is 0 Å². The molecule has 2 amide bonds. The number of carbonyl (C=O) groups is 2. The van der Waals surface area contributed by atoms with Crippen LogP contribution in [0.3, 0.4) is 0 Å². The third-order valence-corrected chi connectivity index (χ3v) is 4.09. The van der Waals surface area contributed by atoms with E-state index in [9.17, 15) is 29.8 Å². The SMILES string of the molecule is CC(=O)Nc1ccc(Nc2ncnc(NNC(=O)c3cccc([N+](=O)[O-])c3)c2[N+](=O)[O-])cc1. The number of rotatable bonds is 8. The number of nitrogens with one attached hydrogen (secondary N) is 4. The number of aromatic nitrogens is 2. The van der Waals surface area contributed by atoms with E-state index in [1.54, 1.807) is 24.3 Å². The molecule has 4 N–H and O–H groups in total. The van der Waals surface area contributed by atoms with E-state index in [0.717, 1.165) is 12.4 Å². The van der Waals surface area contributed by atoms with Crippen molar-refractivity contribution in [3.05, 3.63) is 80.7 Å². The van der Waals surface area contributed by atoms with Gasteiger partial charge < -0.3 is 10.6 Å². The number of benzene rings is 2. The van der Waals surface area contributed by atoms with Gasteiger partial charge in [-0.05, 0) is 30.3 Å². The molecule has 0 radical (unpaired) electrons. The molecule has 0 saturated carbocycles. The molecule has 3 rings (SSSR count). The molecule has 0 aliphatic carbocycles. The lowest BCUT2D eigenvalue weighted by molar-refractivity contribution is -0.384. The Labute approximate surface area is 185 Å². The van der Waals surface area contributed by atoms with Crippen molar-refractivity contribution in [3.63, 3.8) is 0 Å². The van der Waals surface area contributed by atoms with Crippen LogP contribution in [0.15, 0.2) is 54.9 Å². The zero-order chi connectivity index (χ0) is 24.0. The van der Waals surface area contributed by atoms with E-state index in [4.69, 9.17) is 0 Å².